The van der Waals surface area contributed by atoms with Gasteiger partial charge in [-0.3, -0.25) is 4.79 Å². The average Bonchev–Trinajstić information content (AvgIpc) is 2.77. The first-order chi connectivity index (χ1) is 9.33. The van der Waals surface area contributed by atoms with Gasteiger partial charge >= 0.3 is 6.36 Å². The molecule has 0 radical (unpaired) electrons. The molecule has 1 aromatic rings. The minimum absolute atomic E-state index is 0. The number of alkyl halides is 3. The summed E-state index contributed by atoms with van der Waals surface area (Å²) in [6.45, 7) is 0.344. The lowest BCUT2D eigenvalue weighted by atomic mass is 10.2. The third kappa shape index (κ3) is 5.41. The topological polar surface area (TPSA) is 70.6 Å². The summed E-state index contributed by atoms with van der Waals surface area (Å²) >= 11 is 0. The fourth-order valence-corrected chi connectivity index (χ4v) is 1.89. The number of amides is 1. The van der Waals surface area contributed by atoms with Crippen LogP contribution >= 0.6 is 12.4 Å². The first-order valence-corrected chi connectivity index (χ1v) is 5.91. The maximum atomic E-state index is 12.0. The van der Waals surface area contributed by atoms with Gasteiger partial charge in [0, 0.05) is 12.2 Å². The lowest BCUT2D eigenvalue weighted by molar-refractivity contribution is -0.274. The van der Waals surface area contributed by atoms with Crippen molar-refractivity contribution in [2.45, 2.75) is 24.9 Å². The van der Waals surface area contributed by atoms with Crippen LogP contribution in [0.2, 0.25) is 0 Å². The number of hydrogen-bond donors (Lipinski definition) is 3. The molecule has 21 heavy (non-hydrogen) atoms. The first-order valence-electron chi connectivity index (χ1n) is 5.91. The van der Waals surface area contributed by atoms with Crippen molar-refractivity contribution in [1.82, 2.24) is 5.32 Å². The van der Waals surface area contributed by atoms with Crippen molar-refractivity contribution in [2.75, 3.05) is 11.9 Å². The SMILES string of the molecule is Cl.O=C(Nc1ccc(OC(F)(F)F)cc1)C1CC(O)CN1. The lowest BCUT2D eigenvalue weighted by Crippen LogP contribution is -2.35. The summed E-state index contributed by atoms with van der Waals surface area (Å²) in [7, 11) is 0. The number of ether oxygens (including phenoxy) is 1. The minimum atomic E-state index is -4.74. The van der Waals surface area contributed by atoms with Crippen molar-refractivity contribution in [3.8, 4) is 5.75 Å². The van der Waals surface area contributed by atoms with Gasteiger partial charge in [-0.25, -0.2) is 0 Å². The molecule has 2 unspecified atom stereocenters. The van der Waals surface area contributed by atoms with Crippen LogP contribution in [0, 0.1) is 0 Å². The summed E-state index contributed by atoms with van der Waals surface area (Å²) in [5.41, 5.74) is 0.354. The van der Waals surface area contributed by atoms with Crippen LogP contribution < -0.4 is 15.4 Å². The molecule has 1 aliphatic rings. The Hall–Kier alpha value is -1.51. The predicted molar refractivity (Wildman–Crippen MR) is 71.4 cm³/mol. The third-order valence-electron chi connectivity index (χ3n) is 2.78. The van der Waals surface area contributed by atoms with E-state index in [2.05, 4.69) is 15.4 Å². The number of carbonyl (C=O) groups is 1. The molecule has 1 amide bonds. The Bertz CT molecular complexity index is 482. The van der Waals surface area contributed by atoms with Gasteiger partial charge in [-0.05, 0) is 30.7 Å². The third-order valence-corrected chi connectivity index (χ3v) is 2.78. The van der Waals surface area contributed by atoms with Gasteiger partial charge in [-0.2, -0.15) is 0 Å². The summed E-state index contributed by atoms with van der Waals surface area (Å²) in [6.07, 6.45) is -5.00. The monoisotopic (exact) mass is 326 g/mol. The van der Waals surface area contributed by atoms with Gasteiger partial charge in [0.1, 0.15) is 5.75 Å². The zero-order chi connectivity index (χ0) is 14.8. The number of aliphatic hydroxyl groups is 1. The summed E-state index contributed by atoms with van der Waals surface area (Å²) in [5.74, 6) is -0.698. The molecule has 0 bridgehead atoms. The second-order valence-electron chi connectivity index (χ2n) is 4.41. The van der Waals surface area contributed by atoms with E-state index in [1.807, 2.05) is 0 Å². The molecule has 9 heteroatoms. The molecule has 0 aromatic heterocycles. The van der Waals surface area contributed by atoms with E-state index in [0.29, 0.717) is 18.7 Å². The number of β-amino-alcohol motifs (C(OH)–C–C–N with tert-alkyl or cyclic N) is 1. The van der Waals surface area contributed by atoms with Crippen LogP contribution in [0.1, 0.15) is 6.42 Å². The number of hydrogen-bond acceptors (Lipinski definition) is 4. The summed E-state index contributed by atoms with van der Waals surface area (Å²) < 4.78 is 39.6. The predicted octanol–water partition coefficient (Wildman–Crippen LogP) is 1.67. The molecule has 2 atom stereocenters. The quantitative estimate of drug-likeness (QED) is 0.790. The second kappa shape index (κ2) is 6.97. The highest BCUT2D eigenvalue weighted by Gasteiger charge is 2.31. The molecule has 118 valence electrons. The van der Waals surface area contributed by atoms with Crippen LogP contribution in [-0.2, 0) is 4.79 Å². The molecule has 0 saturated carbocycles. The largest absolute Gasteiger partial charge is 0.573 e. The van der Waals surface area contributed by atoms with E-state index >= 15 is 0 Å². The van der Waals surface area contributed by atoms with Gasteiger partial charge in [0.05, 0.1) is 12.1 Å². The van der Waals surface area contributed by atoms with Gasteiger partial charge in [-0.15, -0.1) is 25.6 Å². The van der Waals surface area contributed by atoms with Gasteiger partial charge in [0.25, 0.3) is 0 Å². The first kappa shape index (κ1) is 17.5. The van der Waals surface area contributed by atoms with Crippen LogP contribution in [-0.4, -0.2) is 36.1 Å². The molecule has 3 N–H and O–H groups in total. The van der Waals surface area contributed by atoms with Gasteiger partial charge in [0.15, 0.2) is 0 Å². The van der Waals surface area contributed by atoms with Gasteiger partial charge < -0.3 is 20.5 Å². The molecule has 1 aliphatic heterocycles. The fourth-order valence-electron chi connectivity index (χ4n) is 1.89. The zero-order valence-corrected chi connectivity index (χ0v) is 11.5. The highest BCUT2D eigenvalue weighted by Crippen LogP contribution is 2.24. The summed E-state index contributed by atoms with van der Waals surface area (Å²) in [5, 5.41) is 14.7. The number of aliphatic hydroxyl groups excluding tert-OH is 1. The second-order valence-corrected chi connectivity index (χ2v) is 4.41. The highest BCUT2D eigenvalue weighted by molar-refractivity contribution is 5.95. The van der Waals surface area contributed by atoms with E-state index in [1.54, 1.807) is 0 Å². The van der Waals surface area contributed by atoms with Crippen molar-refractivity contribution in [3.63, 3.8) is 0 Å². The number of benzene rings is 1. The van der Waals surface area contributed by atoms with E-state index in [-0.39, 0.29) is 24.1 Å². The lowest BCUT2D eigenvalue weighted by Gasteiger charge is -2.12. The number of nitrogens with one attached hydrogen (secondary N) is 2. The maximum Gasteiger partial charge on any atom is 0.573 e. The molecular weight excluding hydrogens is 313 g/mol. The van der Waals surface area contributed by atoms with Crippen LogP contribution in [0.15, 0.2) is 24.3 Å². The fraction of sp³-hybridized carbons (Fsp3) is 0.417. The Morgan fingerprint density at radius 2 is 1.95 bits per heavy atom. The molecule has 1 saturated heterocycles. The van der Waals surface area contributed by atoms with Gasteiger partial charge in [0.2, 0.25) is 5.91 Å². The summed E-state index contributed by atoms with van der Waals surface area (Å²) in [6, 6.07) is 4.34. The van der Waals surface area contributed by atoms with E-state index in [4.69, 9.17) is 0 Å². The molecule has 5 nitrogen and oxygen atoms in total. The number of anilines is 1. The van der Waals surface area contributed by atoms with E-state index in [0.717, 1.165) is 12.1 Å². The Morgan fingerprint density at radius 1 is 1.33 bits per heavy atom. The number of rotatable bonds is 3. The maximum absolute atomic E-state index is 12.0. The van der Waals surface area contributed by atoms with Gasteiger partial charge in [-0.1, -0.05) is 0 Å². The van der Waals surface area contributed by atoms with E-state index in [1.165, 1.54) is 12.1 Å². The summed E-state index contributed by atoms with van der Waals surface area (Å²) in [4.78, 5) is 11.8. The molecular formula is C12H14ClF3N2O3. The van der Waals surface area contributed by atoms with Crippen LogP contribution in [0.4, 0.5) is 18.9 Å². The number of carbonyl (C=O) groups excluding carboxylic acids is 1. The van der Waals surface area contributed by atoms with E-state index in [9.17, 15) is 23.1 Å². The van der Waals surface area contributed by atoms with Crippen LogP contribution in [0.3, 0.4) is 0 Å². The normalized spacial score (nSPS) is 21.5. The minimum Gasteiger partial charge on any atom is -0.406 e. The highest BCUT2D eigenvalue weighted by atomic mass is 35.5. The molecule has 1 aromatic carbocycles. The Balaban J connectivity index is 0.00000220. The van der Waals surface area contributed by atoms with Crippen molar-refractivity contribution < 1.29 is 27.8 Å². The zero-order valence-electron chi connectivity index (χ0n) is 10.7. The van der Waals surface area contributed by atoms with Crippen LogP contribution in [0.25, 0.3) is 0 Å². The molecule has 1 fully saturated rings. The Morgan fingerprint density at radius 3 is 2.43 bits per heavy atom. The number of halogens is 4. The van der Waals surface area contributed by atoms with Crippen molar-refractivity contribution in [3.05, 3.63) is 24.3 Å². The van der Waals surface area contributed by atoms with E-state index < -0.39 is 18.5 Å². The Labute approximate surface area is 124 Å². The standard InChI is InChI=1S/C12H13F3N2O3.ClH/c13-12(14,15)20-9-3-1-7(2-4-9)17-11(19)10-5-8(18)6-16-10;/h1-4,8,10,16,18H,5-6H2,(H,17,19);1H. The molecule has 0 spiro atoms. The van der Waals surface area contributed by atoms with Crippen LogP contribution in [0.5, 0.6) is 5.75 Å². The van der Waals surface area contributed by atoms with Crippen molar-refractivity contribution in [2.24, 2.45) is 0 Å². The smallest absolute Gasteiger partial charge is 0.406 e. The Kier molecular flexibility index (Phi) is 5.82. The molecule has 0 aliphatic carbocycles. The van der Waals surface area contributed by atoms with Crippen molar-refractivity contribution in [1.29, 1.82) is 0 Å². The molecule has 1 heterocycles. The average molecular weight is 327 g/mol. The molecule has 2 rings (SSSR count). The van der Waals surface area contributed by atoms with Crippen molar-refractivity contribution >= 4 is 24.0 Å².